The lowest BCUT2D eigenvalue weighted by Gasteiger charge is -2.43. The number of methoxy groups -OCH3 is 1. The van der Waals surface area contributed by atoms with E-state index in [4.69, 9.17) is 21.1 Å². The van der Waals surface area contributed by atoms with Crippen LogP contribution in [0.2, 0.25) is 5.02 Å². The minimum absolute atomic E-state index is 0.0513. The van der Waals surface area contributed by atoms with Crippen LogP contribution in [-0.4, -0.2) is 77.8 Å². The van der Waals surface area contributed by atoms with E-state index in [1.807, 2.05) is 16.4 Å². The summed E-state index contributed by atoms with van der Waals surface area (Å²) in [6.45, 7) is 1.75. The summed E-state index contributed by atoms with van der Waals surface area (Å²) in [6, 6.07) is 10.6. The Kier molecular flexibility index (Phi) is 10.9. The Morgan fingerprint density at radius 2 is 2.02 bits per heavy atom. The SMILES string of the molecule is COC(=O)N[C@H](C(=O)Nc1cccc(F)c1CC[C@H]1CNC2C#CCN1S(=O)CCC2)C1(c2ccc(Cl)cc2)CCOCC1. The maximum absolute atomic E-state index is 15.4. The van der Waals surface area contributed by atoms with Gasteiger partial charge in [-0.25, -0.2) is 17.7 Å². The molecular formula is C32H38ClFN4O5S. The summed E-state index contributed by atoms with van der Waals surface area (Å²) in [5, 5.41) is 9.71. The van der Waals surface area contributed by atoms with Gasteiger partial charge < -0.3 is 25.4 Å². The minimum atomic E-state index is -1.18. The molecule has 0 spiro atoms. The number of amides is 2. The Labute approximate surface area is 265 Å². The van der Waals surface area contributed by atoms with Gasteiger partial charge in [0.05, 0.1) is 30.7 Å². The number of anilines is 1. The van der Waals surface area contributed by atoms with E-state index in [-0.39, 0.29) is 12.1 Å². The summed E-state index contributed by atoms with van der Waals surface area (Å²) in [7, 11) is 0.0571. The predicted molar refractivity (Wildman–Crippen MR) is 168 cm³/mol. The molecule has 6 rings (SSSR count). The maximum Gasteiger partial charge on any atom is 0.407 e. The van der Waals surface area contributed by atoms with E-state index in [1.165, 1.54) is 13.2 Å². The highest BCUT2D eigenvalue weighted by Crippen LogP contribution is 2.39. The molecule has 4 heterocycles. The van der Waals surface area contributed by atoms with E-state index in [0.717, 1.165) is 18.4 Å². The van der Waals surface area contributed by atoms with Gasteiger partial charge in [-0.1, -0.05) is 41.6 Å². The first kappa shape index (κ1) is 32.4. The molecule has 0 saturated carbocycles. The summed E-state index contributed by atoms with van der Waals surface area (Å²) in [4.78, 5) is 26.7. The van der Waals surface area contributed by atoms with Crippen molar-refractivity contribution in [2.24, 2.45) is 0 Å². The van der Waals surface area contributed by atoms with Crippen molar-refractivity contribution in [3.8, 4) is 11.8 Å². The molecule has 2 aromatic carbocycles. The van der Waals surface area contributed by atoms with Gasteiger partial charge in [-0.15, -0.1) is 0 Å². The van der Waals surface area contributed by atoms with Crippen LogP contribution in [0.25, 0.3) is 0 Å². The second-order valence-corrected chi connectivity index (χ2v) is 13.3. The first-order valence-corrected chi connectivity index (χ1v) is 16.6. The molecule has 2 saturated heterocycles. The fourth-order valence-electron chi connectivity index (χ4n) is 6.33. The van der Waals surface area contributed by atoms with Crippen LogP contribution in [0.15, 0.2) is 42.5 Å². The van der Waals surface area contributed by atoms with Gasteiger partial charge in [0.1, 0.15) is 11.9 Å². The fraction of sp³-hybridized carbons (Fsp3) is 0.500. The second-order valence-electron chi connectivity index (χ2n) is 11.3. The molecular weight excluding hydrogens is 607 g/mol. The Bertz CT molecular complexity index is 1430. The average Bonchev–Trinajstić information content (AvgIpc) is 3.15. The average molecular weight is 645 g/mol. The van der Waals surface area contributed by atoms with Crippen LogP contribution in [-0.2, 0) is 37.1 Å². The van der Waals surface area contributed by atoms with Gasteiger partial charge in [-0.05, 0) is 68.4 Å². The van der Waals surface area contributed by atoms with Gasteiger partial charge in [0.25, 0.3) is 0 Å². The molecule has 2 fully saturated rings. The summed E-state index contributed by atoms with van der Waals surface area (Å²) in [5.41, 5.74) is 0.659. The maximum atomic E-state index is 15.4. The minimum Gasteiger partial charge on any atom is -0.453 e. The summed E-state index contributed by atoms with van der Waals surface area (Å²) in [5.74, 6) is 5.98. The van der Waals surface area contributed by atoms with Gasteiger partial charge in [-0.3, -0.25) is 4.79 Å². The van der Waals surface area contributed by atoms with Gasteiger partial charge >= 0.3 is 6.09 Å². The lowest BCUT2D eigenvalue weighted by Crippen LogP contribution is -2.58. The number of alkyl carbamates (subject to hydrolysis) is 1. The molecule has 236 valence electrons. The number of ether oxygens (including phenoxy) is 2. The Morgan fingerprint density at radius 1 is 1.25 bits per heavy atom. The third-order valence-electron chi connectivity index (χ3n) is 8.76. The molecule has 3 unspecified atom stereocenters. The predicted octanol–water partition coefficient (Wildman–Crippen LogP) is 3.93. The molecule has 5 atom stereocenters. The van der Waals surface area contributed by atoms with E-state index in [2.05, 4.69) is 27.8 Å². The quantitative estimate of drug-likeness (QED) is 0.376. The molecule has 0 aliphatic carbocycles. The van der Waals surface area contributed by atoms with E-state index in [9.17, 15) is 13.8 Å². The van der Waals surface area contributed by atoms with Crippen LogP contribution in [0.1, 0.15) is 43.2 Å². The second kappa shape index (κ2) is 14.8. The first-order chi connectivity index (χ1) is 21.3. The van der Waals surface area contributed by atoms with Crippen molar-refractivity contribution in [3.05, 3.63) is 64.4 Å². The number of carbonyl (C=O) groups is 2. The van der Waals surface area contributed by atoms with Crippen molar-refractivity contribution < 1.29 is 27.7 Å². The molecule has 9 nitrogen and oxygen atoms in total. The van der Waals surface area contributed by atoms with Crippen molar-refractivity contribution in [1.29, 1.82) is 0 Å². The summed E-state index contributed by atoms with van der Waals surface area (Å²) in [6.07, 6.45) is 2.62. The molecule has 0 radical (unpaired) electrons. The van der Waals surface area contributed by atoms with E-state index in [0.29, 0.717) is 74.0 Å². The van der Waals surface area contributed by atoms with E-state index < -0.39 is 40.3 Å². The highest BCUT2D eigenvalue weighted by atomic mass is 35.5. The number of nitrogens with zero attached hydrogens (tertiary/aromatic N) is 1. The van der Waals surface area contributed by atoms with E-state index in [1.54, 1.807) is 24.3 Å². The number of hydrogen-bond donors (Lipinski definition) is 3. The number of fused-ring (bicyclic) bond motifs is 6. The van der Waals surface area contributed by atoms with Crippen LogP contribution in [0.4, 0.5) is 14.9 Å². The zero-order valence-electron chi connectivity index (χ0n) is 24.7. The third kappa shape index (κ3) is 7.44. The number of nitrogens with one attached hydrogen (secondary N) is 3. The van der Waals surface area contributed by atoms with Crippen molar-refractivity contribution in [2.45, 2.75) is 62.1 Å². The molecule has 44 heavy (non-hydrogen) atoms. The summed E-state index contributed by atoms with van der Waals surface area (Å²) < 4.78 is 40.9. The number of carbonyl (C=O) groups excluding carboxylic acids is 2. The topological polar surface area (TPSA) is 109 Å². The number of hydrogen-bond acceptors (Lipinski definition) is 6. The molecule has 4 aliphatic heterocycles. The van der Waals surface area contributed by atoms with Crippen molar-refractivity contribution in [3.63, 3.8) is 0 Å². The standard InChI is InChI=1S/C32H38ClFN4O5S/c1-42-31(40)37-29(32(15-18-43-19-16-32)22-9-11-23(33)12-10-22)30(39)36-28-8-2-7-27(34)26(28)14-13-25-21-35-24-5-3-17-38(25)44(41)20-4-6-24/h2,7-12,24-25,29,35H,4,6,13-21H2,1H3,(H,36,39)(H,37,40)/t24?,25-,29+,44?/m0/s1. The van der Waals surface area contributed by atoms with Crippen molar-refractivity contribution in [2.75, 3.05) is 44.5 Å². The van der Waals surface area contributed by atoms with Crippen molar-refractivity contribution in [1.82, 2.24) is 14.9 Å². The van der Waals surface area contributed by atoms with Gasteiger partial charge in [-0.2, -0.15) is 0 Å². The molecule has 2 aromatic rings. The highest BCUT2D eigenvalue weighted by molar-refractivity contribution is 7.82. The number of rotatable bonds is 8. The van der Waals surface area contributed by atoms with Crippen LogP contribution < -0.4 is 16.0 Å². The number of halogens is 2. The first-order valence-electron chi connectivity index (χ1n) is 14.9. The smallest absolute Gasteiger partial charge is 0.407 e. The number of benzene rings is 2. The zero-order valence-corrected chi connectivity index (χ0v) is 26.3. The van der Waals surface area contributed by atoms with Crippen LogP contribution in [0.5, 0.6) is 0 Å². The lowest BCUT2D eigenvalue weighted by molar-refractivity contribution is -0.121. The largest absolute Gasteiger partial charge is 0.453 e. The Balaban J connectivity index is 1.41. The lowest BCUT2D eigenvalue weighted by atomic mass is 9.68. The normalized spacial score (nSPS) is 25.2. The third-order valence-corrected chi connectivity index (χ3v) is 10.6. The van der Waals surface area contributed by atoms with Crippen LogP contribution in [0, 0.1) is 17.7 Å². The Hall–Kier alpha value is -3.01. The summed E-state index contributed by atoms with van der Waals surface area (Å²) >= 11 is 6.17. The van der Waals surface area contributed by atoms with Gasteiger partial charge in [0, 0.05) is 53.2 Å². The van der Waals surface area contributed by atoms with Crippen LogP contribution in [0.3, 0.4) is 0 Å². The molecule has 12 heteroatoms. The van der Waals surface area contributed by atoms with E-state index >= 15 is 4.39 Å². The highest BCUT2D eigenvalue weighted by Gasteiger charge is 2.47. The molecule has 2 bridgehead atoms. The van der Waals surface area contributed by atoms with Gasteiger partial charge in [0.15, 0.2) is 0 Å². The van der Waals surface area contributed by atoms with Crippen LogP contribution >= 0.6 is 11.6 Å². The Morgan fingerprint density at radius 3 is 2.77 bits per heavy atom. The molecule has 4 aliphatic rings. The molecule has 3 N–H and O–H groups in total. The zero-order chi connectivity index (χ0) is 31.1. The fourth-order valence-corrected chi connectivity index (χ4v) is 7.83. The van der Waals surface area contributed by atoms with Crippen molar-refractivity contribution >= 4 is 40.3 Å². The monoisotopic (exact) mass is 644 g/mol. The molecule has 2 amide bonds. The molecule has 0 aromatic heterocycles. The van der Waals surface area contributed by atoms with Gasteiger partial charge in [0.2, 0.25) is 5.91 Å².